The number of rotatable bonds is 7. The zero-order valence-corrected chi connectivity index (χ0v) is 9.90. The van der Waals surface area contributed by atoms with E-state index < -0.39 is 0 Å². The molecule has 0 fully saturated rings. The molecule has 0 aliphatic heterocycles. The molecular formula is C11H19N3O2. The SMILES string of the molecule is CCCCOC(=O)CNCc1ccnn1C. The summed E-state index contributed by atoms with van der Waals surface area (Å²) >= 11 is 0. The van der Waals surface area contributed by atoms with Crippen LogP contribution < -0.4 is 5.32 Å². The van der Waals surface area contributed by atoms with Gasteiger partial charge in [-0.2, -0.15) is 5.10 Å². The van der Waals surface area contributed by atoms with Gasteiger partial charge in [-0.1, -0.05) is 13.3 Å². The van der Waals surface area contributed by atoms with Crippen LogP contribution in [-0.2, 0) is 23.1 Å². The van der Waals surface area contributed by atoms with Crippen LogP contribution in [-0.4, -0.2) is 28.9 Å². The third-order valence-corrected chi connectivity index (χ3v) is 2.26. The van der Waals surface area contributed by atoms with Crippen LogP contribution in [0.15, 0.2) is 12.3 Å². The number of unbranched alkanes of at least 4 members (excludes halogenated alkanes) is 1. The number of carbonyl (C=O) groups excluding carboxylic acids is 1. The zero-order valence-electron chi connectivity index (χ0n) is 9.90. The van der Waals surface area contributed by atoms with E-state index in [-0.39, 0.29) is 12.5 Å². The molecule has 0 amide bonds. The average molecular weight is 225 g/mol. The van der Waals surface area contributed by atoms with E-state index in [1.165, 1.54) is 0 Å². The lowest BCUT2D eigenvalue weighted by Crippen LogP contribution is -2.25. The van der Waals surface area contributed by atoms with Crippen LogP contribution in [0.5, 0.6) is 0 Å². The fourth-order valence-corrected chi connectivity index (χ4v) is 1.25. The number of aromatic nitrogens is 2. The van der Waals surface area contributed by atoms with Crippen LogP contribution in [0.3, 0.4) is 0 Å². The van der Waals surface area contributed by atoms with E-state index in [1.54, 1.807) is 10.9 Å². The van der Waals surface area contributed by atoms with Crippen molar-refractivity contribution in [3.8, 4) is 0 Å². The summed E-state index contributed by atoms with van der Waals surface area (Å²) in [4.78, 5) is 11.2. The molecule has 5 nitrogen and oxygen atoms in total. The van der Waals surface area contributed by atoms with Gasteiger partial charge in [-0.15, -0.1) is 0 Å². The first kappa shape index (κ1) is 12.7. The molecule has 90 valence electrons. The molecular weight excluding hydrogens is 206 g/mol. The van der Waals surface area contributed by atoms with E-state index >= 15 is 0 Å². The molecule has 0 saturated carbocycles. The van der Waals surface area contributed by atoms with Gasteiger partial charge in [0.15, 0.2) is 0 Å². The van der Waals surface area contributed by atoms with Crippen molar-refractivity contribution < 1.29 is 9.53 Å². The standard InChI is InChI=1S/C11H19N3O2/c1-3-4-7-16-11(15)9-12-8-10-5-6-13-14(10)2/h5-6,12H,3-4,7-9H2,1-2H3. The van der Waals surface area contributed by atoms with Gasteiger partial charge in [-0.05, 0) is 12.5 Å². The summed E-state index contributed by atoms with van der Waals surface area (Å²) < 4.78 is 6.78. The van der Waals surface area contributed by atoms with Gasteiger partial charge in [0, 0.05) is 19.8 Å². The molecule has 1 heterocycles. The minimum atomic E-state index is -0.199. The Kier molecular flexibility index (Phi) is 5.56. The summed E-state index contributed by atoms with van der Waals surface area (Å²) in [5.74, 6) is -0.199. The number of nitrogens with one attached hydrogen (secondary N) is 1. The van der Waals surface area contributed by atoms with Gasteiger partial charge in [-0.25, -0.2) is 0 Å². The molecule has 5 heteroatoms. The molecule has 0 saturated heterocycles. The summed E-state index contributed by atoms with van der Waals surface area (Å²) in [6, 6.07) is 1.91. The van der Waals surface area contributed by atoms with Gasteiger partial charge >= 0.3 is 5.97 Å². The highest BCUT2D eigenvalue weighted by Crippen LogP contribution is 1.94. The topological polar surface area (TPSA) is 56.1 Å². The summed E-state index contributed by atoms with van der Waals surface area (Å²) in [5.41, 5.74) is 1.04. The van der Waals surface area contributed by atoms with Crippen molar-refractivity contribution in [1.82, 2.24) is 15.1 Å². The molecule has 16 heavy (non-hydrogen) atoms. The molecule has 1 aromatic heterocycles. The molecule has 0 spiro atoms. The van der Waals surface area contributed by atoms with Gasteiger partial charge in [0.2, 0.25) is 0 Å². The van der Waals surface area contributed by atoms with E-state index in [4.69, 9.17) is 4.74 Å². The van der Waals surface area contributed by atoms with E-state index in [2.05, 4.69) is 17.3 Å². The first-order valence-corrected chi connectivity index (χ1v) is 5.57. The third-order valence-electron chi connectivity index (χ3n) is 2.26. The second-order valence-electron chi connectivity index (χ2n) is 3.62. The Bertz CT molecular complexity index is 323. The molecule has 0 radical (unpaired) electrons. The van der Waals surface area contributed by atoms with E-state index in [0.29, 0.717) is 13.2 Å². The third kappa shape index (κ3) is 4.44. The number of nitrogens with zero attached hydrogens (tertiary/aromatic N) is 2. The largest absolute Gasteiger partial charge is 0.465 e. The predicted molar refractivity (Wildman–Crippen MR) is 60.8 cm³/mol. The normalized spacial score (nSPS) is 10.4. The second kappa shape index (κ2) is 7.00. The van der Waals surface area contributed by atoms with Crippen molar-refractivity contribution in [2.75, 3.05) is 13.2 Å². The number of ether oxygens (including phenoxy) is 1. The van der Waals surface area contributed by atoms with Crippen LogP contribution in [0.1, 0.15) is 25.5 Å². The minimum Gasteiger partial charge on any atom is -0.465 e. The highest BCUT2D eigenvalue weighted by molar-refractivity contribution is 5.71. The Balaban J connectivity index is 2.11. The molecule has 1 rings (SSSR count). The fourth-order valence-electron chi connectivity index (χ4n) is 1.25. The maximum atomic E-state index is 11.2. The van der Waals surface area contributed by atoms with Gasteiger partial charge in [-0.3, -0.25) is 9.48 Å². The Morgan fingerprint density at radius 2 is 2.44 bits per heavy atom. The van der Waals surface area contributed by atoms with Crippen molar-refractivity contribution in [3.63, 3.8) is 0 Å². The monoisotopic (exact) mass is 225 g/mol. The summed E-state index contributed by atoms with van der Waals surface area (Å²) in [7, 11) is 1.87. The molecule has 0 aliphatic rings. The Hall–Kier alpha value is -1.36. The van der Waals surface area contributed by atoms with Crippen LogP contribution in [0.4, 0.5) is 0 Å². The molecule has 0 unspecified atom stereocenters. The van der Waals surface area contributed by atoms with E-state index in [9.17, 15) is 4.79 Å². The zero-order chi connectivity index (χ0) is 11.8. The van der Waals surface area contributed by atoms with Crippen LogP contribution in [0, 0.1) is 0 Å². The fraction of sp³-hybridized carbons (Fsp3) is 0.636. The molecule has 0 atom stereocenters. The minimum absolute atomic E-state index is 0.199. The maximum Gasteiger partial charge on any atom is 0.319 e. The smallest absolute Gasteiger partial charge is 0.319 e. The highest BCUT2D eigenvalue weighted by Gasteiger charge is 2.03. The van der Waals surface area contributed by atoms with E-state index in [0.717, 1.165) is 18.5 Å². The number of esters is 1. The quantitative estimate of drug-likeness (QED) is 0.552. The number of carbonyl (C=O) groups is 1. The lowest BCUT2D eigenvalue weighted by Gasteiger charge is -2.05. The van der Waals surface area contributed by atoms with Gasteiger partial charge in [0.1, 0.15) is 0 Å². The van der Waals surface area contributed by atoms with E-state index in [1.807, 2.05) is 13.1 Å². The molecule has 0 aliphatic carbocycles. The van der Waals surface area contributed by atoms with Crippen molar-refractivity contribution in [1.29, 1.82) is 0 Å². The Morgan fingerprint density at radius 3 is 3.06 bits per heavy atom. The molecule has 0 bridgehead atoms. The van der Waals surface area contributed by atoms with Crippen LogP contribution in [0.2, 0.25) is 0 Å². The van der Waals surface area contributed by atoms with Crippen molar-refractivity contribution >= 4 is 5.97 Å². The van der Waals surface area contributed by atoms with Gasteiger partial charge in [0.05, 0.1) is 18.8 Å². The summed E-state index contributed by atoms with van der Waals surface area (Å²) in [6.45, 7) is 3.45. The number of hydrogen-bond donors (Lipinski definition) is 1. The molecule has 1 N–H and O–H groups in total. The summed E-state index contributed by atoms with van der Waals surface area (Å²) in [5, 5.41) is 7.06. The number of aryl methyl sites for hydroxylation is 1. The van der Waals surface area contributed by atoms with Crippen molar-refractivity contribution in [2.24, 2.45) is 7.05 Å². The summed E-state index contributed by atoms with van der Waals surface area (Å²) in [6.07, 6.45) is 3.69. The molecule has 0 aromatic carbocycles. The highest BCUT2D eigenvalue weighted by atomic mass is 16.5. The Labute approximate surface area is 95.8 Å². The number of hydrogen-bond acceptors (Lipinski definition) is 4. The predicted octanol–water partition coefficient (Wildman–Crippen LogP) is 0.853. The lowest BCUT2D eigenvalue weighted by atomic mass is 10.4. The van der Waals surface area contributed by atoms with Crippen molar-refractivity contribution in [3.05, 3.63) is 18.0 Å². The van der Waals surface area contributed by atoms with Crippen LogP contribution in [0.25, 0.3) is 0 Å². The van der Waals surface area contributed by atoms with Crippen LogP contribution >= 0.6 is 0 Å². The Morgan fingerprint density at radius 1 is 1.62 bits per heavy atom. The first-order chi connectivity index (χ1) is 7.74. The first-order valence-electron chi connectivity index (χ1n) is 5.57. The lowest BCUT2D eigenvalue weighted by molar-refractivity contribution is -0.142. The molecule has 1 aromatic rings. The van der Waals surface area contributed by atoms with Gasteiger partial charge < -0.3 is 10.1 Å². The van der Waals surface area contributed by atoms with Gasteiger partial charge in [0.25, 0.3) is 0 Å². The van der Waals surface area contributed by atoms with Crippen molar-refractivity contribution in [2.45, 2.75) is 26.3 Å². The maximum absolute atomic E-state index is 11.2. The average Bonchev–Trinajstić information content (AvgIpc) is 2.65. The second-order valence-corrected chi connectivity index (χ2v) is 3.62.